The molecule has 0 aliphatic carbocycles. The van der Waals surface area contributed by atoms with Gasteiger partial charge in [0, 0.05) is 61.5 Å². The van der Waals surface area contributed by atoms with Crippen molar-refractivity contribution in [2.45, 2.75) is 44.9 Å². The van der Waals surface area contributed by atoms with Crippen LogP contribution in [0.15, 0.2) is 47.4 Å². The van der Waals surface area contributed by atoms with E-state index >= 15 is 0 Å². The monoisotopic (exact) mass is 531 g/mol. The second-order valence-electron chi connectivity index (χ2n) is 10.1. The smallest absolute Gasteiger partial charge is 0.243 e. The van der Waals surface area contributed by atoms with Gasteiger partial charge in [-0.15, -0.1) is 0 Å². The SMILES string of the molecule is CC(=O)C(CC(=O)N1CCc2cc(S(=O)(=O)N3CCN(c4cccc(Cl)c4)CC3)ccc21)CC(C)C. The number of fused-ring (bicyclic) bond motifs is 1. The summed E-state index contributed by atoms with van der Waals surface area (Å²) in [6.45, 7) is 8.08. The van der Waals surface area contributed by atoms with Crippen molar-refractivity contribution >= 4 is 44.7 Å². The number of piperazine rings is 1. The number of sulfonamides is 1. The lowest BCUT2D eigenvalue weighted by Crippen LogP contribution is -2.48. The number of hydrogen-bond donors (Lipinski definition) is 0. The van der Waals surface area contributed by atoms with Crippen LogP contribution in [0.25, 0.3) is 0 Å². The van der Waals surface area contributed by atoms with E-state index in [4.69, 9.17) is 11.6 Å². The second kappa shape index (κ2) is 10.9. The number of carbonyl (C=O) groups excluding carboxylic acids is 2. The molecule has 2 aliphatic rings. The molecule has 7 nitrogen and oxygen atoms in total. The molecule has 1 amide bonds. The number of benzene rings is 2. The third-order valence-corrected chi connectivity index (χ3v) is 9.18. The van der Waals surface area contributed by atoms with Crippen LogP contribution in [0.3, 0.4) is 0 Å². The molecular formula is C27H34ClN3O4S. The average molecular weight is 532 g/mol. The summed E-state index contributed by atoms with van der Waals surface area (Å²) in [6, 6.07) is 12.6. The predicted molar refractivity (Wildman–Crippen MR) is 143 cm³/mol. The van der Waals surface area contributed by atoms with Gasteiger partial charge in [0.2, 0.25) is 15.9 Å². The molecule has 1 saturated heterocycles. The van der Waals surface area contributed by atoms with Crippen molar-refractivity contribution in [2.75, 3.05) is 42.5 Å². The topological polar surface area (TPSA) is 78.0 Å². The van der Waals surface area contributed by atoms with Gasteiger partial charge in [0.25, 0.3) is 0 Å². The fraction of sp³-hybridized carbons (Fsp3) is 0.481. The standard InChI is InChI=1S/C27H34ClN3O4S/c1-19(2)15-22(20(3)32)17-27(33)31-10-9-21-16-25(7-8-26(21)31)36(34,35)30-13-11-29(12-14-30)24-6-4-5-23(28)18-24/h4-8,16,18-19,22H,9-15,17H2,1-3H3. The van der Waals surface area contributed by atoms with E-state index in [1.54, 1.807) is 30.0 Å². The number of rotatable bonds is 8. The Morgan fingerprint density at radius 3 is 2.36 bits per heavy atom. The minimum atomic E-state index is -3.65. The molecule has 0 saturated carbocycles. The Bertz CT molecular complexity index is 1240. The maximum atomic E-state index is 13.4. The molecule has 1 unspecified atom stereocenters. The van der Waals surface area contributed by atoms with E-state index in [-0.39, 0.29) is 28.9 Å². The highest BCUT2D eigenvalue weighted by molar-refractivity contribution is 7.89. The fourth-order valence-electron chi connectivity index (χ4n) is 5.09. The second-order valence-corrected chi connectivity index (χ2v) is 12.5. The van der Waals surface area contributed by atoms with E-state index < -0.39 is 10.0 Å². The number of Topliss-reactive ketones (excluding diaryl/α,β-unsaturated/α-hetero) is 1. The third kappa shape index (κ3) is 5.76. The molecule has 0 spiro atoms. The summed E-state index contributed by atoms with van der Waals surface area (Å²) in [7, 11) is -3.65. The number of carbonyl (C=O) groups is 2. The largest absolute Gasteiger partial charge is 0.369 e. The Morgan fingerprint density at radius 2 is 1.72 bits per heavy atom. The fourth-order valence-corrected chi connectivity index (χ4v) is 6.75. The molecule has 2 aliphatic heterocycles. The first-order chi connectivity index (χ1) is 17.1. The molecule has 36 heavy (non-hydrogen) atoms. The molecule has 2 aromatic rings. The van der Waals surface area contributed by atoms with E-state index in [1.165, 1.54) is 4.31 Å². The number of halogens is 1. The van der Waals surface area contributed by atoms with Crippen LogP contribution in [0.2, 0.25) is 5.02 Å². The number of hydrogen-bond acceptors (Lipinski definition) is 5. The Balaban J connectivity index is 1.44. The molecule has 1 atom stereocenters. The van der Waals surface area contributed by atoms with Crippen molar-refractivity contribution in [3.63, 3.8) is 0 Å². The highest BCUT2D eigenvalue weighted by atomic mass is 35.5. The number of amides is 1. The minimum absolute atomic E-state index is 0.0355. The molecule has 2 aromatic carbocycles. The van der Waals surface area contributed by atoms with Crippen molar-refractivity contribution in [3.05, 3.63) is 53.1 Å². The zero-order valence-electron chi connectivity index (χ0n) is 21.1. The van der Waals surface area contributed by atoms with Crippen LogP contribution < -0.4 is 9.80 Å². The van der Waals surface area contributed by atoms with Gasteiger partial charge >= 0.3 is 0 Å². The van der Waals surface area contributed by atoms with Gasteiger partial charge in [-0.05, 0) is 67.6 Å². The molecule has 2 heterocycles. The molecular weight excluding hydrogens is 498 g/mol. The highest BCUT2D eigenvalue weighted by Gasteiger charge is 2.32. The van der Waals surface area contributed by atoms with Crippen LogP contribution in [0.4, 0.5) is 11.4 Å². The number of anilines is 2. The first-order valence-electron chi connectivity index (χ1n) is 12.5. The summed E-state index contributed by atoms with van der Waals surface area (Å²) in [5.41, 5.74) is 2.59. The van der Waals surface area contributed by atoms with E-state index in [9.17, 15) is 18.0 Å². The normalized spacial score (nSPS) is 17.4. The summed E-state index contributed by atoms with van der Waals surface area (Å²) < 4.78 is 28.3. The average Bonchev–Trinajstić information content (AvgIpc) is 3.27. The van der Waals surface area contributed by atoms with Crippen LogP contribution in [-0.2, 0) is 26.0 Å². The number of ketones is 1. The van der Waals surface area contributed by atoms with Gasteiger partial charge in [-0.1, -0.05) is 31.5 Å². The molecule has 4 rings (SSSR count). The zero-order valence-corrected chi connectivity index (χ0v) is 22.7. The molecule has 194 valence electrons. The van der Waals surface area contributed by atoms with Crippen LogP contribution in [-0.4, -0.2) is 57.1 Å². The molecule has 1 fully saturated rings. The summed E-state index contributed by atoms with van der Waals surface area (Å²) >= 11 is 6.11. The van der Waals surface area contributed by atoms with Crippen molar-refractivity contribution in [1.82, 2.24) is 4.31 Å². The van der Waals surface area contributed by atoms with Crippen molar-refractivity contribution in [1.29, 1.82) is 0 Å². The minimum Gasteiger partial charge on any atom is -0.369 e. The van der Waals surface area contributed by atoms with Crippen LogP contribution in [0, 0.1) is 11.8 Å². The summed E-state index contributed by atoms with van der Waals surface area (Å²) in [5, 5.41) is 0.657. The van der Waals surface area contributed by atoms with Crippen molar-refractivity contribution in [3.8, 4) is 0 Å². The third-order valence-electron chi connectivity index (χ3n) is 7.05. The molecule has 0 bridgehead atoms. The lowest BCUT2D eigenvalue weighted by molar-refractivity contribution is -0.126. The molecule has 0 radical (unpaired) electrons. The van der Waals surface area contributed by atoms with Gasteiger partial charge in [-0.3, -0.25) is 9.59 Å². The van der Waals surface area contributed by atoms with Gasteiger partial charge in [0.15, 0.2) is 0 Å². The van der Waals surface area contributed by atoms with Crippen LogP contribution >= 0.6 is 11.6 Å². The molecule has 0 aromatic heterocycles. The lowest BCUT2D eigenvalue weighted by Gasteiger charge is -2.35. The van der Waals surface area contributed by atoms with Gasteiger partial charge in [0.05, 0.1) is 4.90 Å². The summed E-state index contributed by atoms with van der Waals surface area (Å²) in [4.78, 5) is 29.2. The van der Waals surface area contributed by atoms with Gasteiger partial charge in [-0.2, -0.15) is 4.31 Å². The zero-order chi connectivity index (χ0) is 26.0. The lowest BCUT2D eigenvalue weighted by atomic mass is 9.90. The van der Waals surface area contributed by atoms with Crippen molar-refractivity contribution < 1.29 is 18.0 Å². The van der Waals surface area contributed by atoms with E-state index in [1.807, 2.05) is 38.1 Å². The maximum Gasteiger partial charge on any atom is 0.243 e. The predicted octanol–water partition coefficient (Wildman–Crippen LogP) is 4.38. The van der Waals surface area contributed by atoms with E-state index in [2.05, 4.69) is 4.90 Å². The first-order valence-corrected chi connectivity index (χ1v) is 14.3. The quantitative estimate of drug-likeness (QED) is 0.505. The highest BCUT2D eigenvalue weighted by Crippen LogP contribution is 2.33. The van der Waals surface area contributed by atoms with Gasteiger partial charge < -0.3 is 9.80 Å². The van der Waals surface area contributed by atoms with Crippen LogP contribution in [0.5, 0.6) is 0 Å². The molecule has 9 heteroatoms. The first kappa shape index (κ1) is 26.6. The van der Waals surface area contributed by atoms with Gasteiger partial charge in [-0.25, -0.2) is 8.42 Å². The van der Waals surface area contributed by atoms with Gasteiger partial charge in [0.1, 0.15) is 5.78 Å². The summed E-state index contributed by atoms with van der Waals surface area (Å²) in [5.74, 6) is 0.000171. The Kier molecular flexibility index (Phi) is 8.07. The van der Waals surface area contributed by atoms with Crippen molar-refractivity contribution in [2.24, 2.45) is 11.8 Å². The summed E-state index contributed by atoms with van der Waals surface area (Å²) in [6.07, 6.45) is 1.47. The number of nitrogens with zero attached hydrogens (tertiary/aromatic N) is 3. The Hall–Kier alpha value is -2.42. The van der Waals surface area contributed by atoms with Crippen LogP contribution in [0.1, 0.15) is 39.2 Å². The maximum absolute atomic E-state index is 13.4. The Morgan fingerprint density at radius 1 is 1.00 bits per heavy atom. The molecule has 0 N–H and O–H groups in total. The van der Waals surface area contributed by atoms with E-state index in [0.717, 1.165) is 16.9 Å². The Labute approximate surface area is 219 Å². The van der Waals surface area contributed by atoms with E-state index in [0.29, 0.717) is 56.5 Å².